The Morgan fingerprint density at radius 1 is 1.23 bits per heavy atom. The number of carbonyl (C=O) groups excluding carboxylic acids is 2. The average Bonchev–Trinajstić information content (AvgIpc) is 2.69. The van der Waals surface area contributed by atoms with E-state index in [2.05, 4.69) is 5.32 Å². The highest BCUT2D eigenvalue weighted by atomic mass is 32.2. The minimum absolute atomic E-state index is 0.0173. The predicted octanol–water partition coefficient (Wildman–Crippen LogP) is 2.42. The van der Waals surface area contributed by atoms with E-state index in [4.69, 9.17) is 0 Å². The summed E-state index contributed by atoms with van der Waals surface area (Å²) in [5.41, 5.74) is -1.58. The van der Waals surface area contributed by atoms with Crippen LogP contribution in [0.3, 0.4) is 0 Å². The molecule has 0 bridgehead atoms. The van der Waals surface area contributed by atoms with Crippen molar-refractivity contribution >= 4 is 27.5 Å². The highest BCUT2D eigenvalue weighted by Gasteiger charge is 2.51. The van der Waals surface area contributed by atoms with Crippen molar-refractivity contribution in [3.63, 3.8) is 0 Å². The zero-order valence-electron chi connectivity index (χ0n) is 17.6. The molecule has 1 aliphatic carbocycles. The van der Waals surface area contributed by atoms with Crippen LogP contribution in [0.5, 0.6) is 0 Å². The number of halogens is 1. The first kappa shape index (κ1) is 22.7. The van der Waals surface area contributed by atoms with E-state index in [9.17, 15) is 22.4 Å². The van der Waals surface area contributed by atoms with E-state index in [0.29, 0.717) is 6.42 Å². The van der Waals surface area contributed by atoms with Crippen molar-refractivity contribution in [1.82, 2.24) is 9.62 Å². The first-order valence-corrected chi connectivity index (χ1v) is 12.2. The van der Waals surface area contributed by atoms with E-state index in [1.807, 2.05) is 0 Å². The van der Waals surface area contributed by atoms with Gasteiger partial charge in [-0.1, -0.05) is 38.3 Å². The molecule has 3 rings (SSSR count). The number of hydrogen-bond acceptors (Lipinski definition) is 4. The fraction of sp³-hybridized carbons (Fsp3) is 0.619. The van der Waals surface area contributed by atoms with Gasteiger partial charge in [-0.15, -0.1) is 0 Å². The van der Waals surface area contributed by atoms with Crippen molar-refractivity contribution < 1.29 is 22.4 Å². The molecule has 0 aromatic heterocycles. The van der Waals surface area contributed by atoms with Crippen molar-refractivity contribution in [1.29, 1.82) is 0 Å². The van der Waals surface area contributed by atoms with E-state index >= 15 is 0 Å². The molecule has 1 N–H and O–H groups in total. The Morgan fingerprint density at radius 2 is 1.90 bits per heavy atom. The van der Waals surface area contributed by atoms with Gasteiger partial charge < -0.3 is 5.32 Å². The maximum absolute atomic E-state index is 14.6. The predicted molar refractivity (Wildman–Crippen MR) is 113 cm³/mol. The maximum Gasteiger partial charge on any atom is 0.247 e. The fourth-order valence-corrected chi connectivity index (χ4v) is 5.87. The molecule has 1 atom stereocenters. The van der Waals surface area contributed by atoms with Crippen LogP contribution in [0.15, 0.2) is 24.3 Å². The van der Waals surface area contributed by atoms with E-state index in [-0.39, 0.29) is 24.0 Å². The number of anilines is 1. The highest BCUT2D eigenvalue weighted by Crippen LogP contribution is 2.33. The minimum Gasteiger partial charge on any atom is -0.351 e. The molecule has 1 saturated heterocycles. The van der Waals surface area contributed by atoms with Gasteiger partial charge in [-0.3, -0.25) is 14.5 Å². The summed E-state index contributed by atoms with van der Waals surface area (Å²) in [6, 6.07) is 5.73. The summed E-state index contributed by atoms with van der Waals surface area (Å²) < 4.78 is 41.1. The van der Waals surface area contributed by atoms with Crippen LogP contribution >= 0.6 is 0 Å². The Hall–Kier alpha value is -2.00. The van der Waals surface area contributed by atoms with Crippen LogP contribution in [0.25, 0.3) is 0 Å². The lowest BCUT2D eigenvalue weighted by atomic mass is 9.91. The Labute approximate surface area is 177 Å². The topological polar surface area (TPSA) is 86.8 Å². The van der Waals surface area contributed by atoms with E-state index in [1.54, 1.807) is 13.0 Å². The number of amides is 2. The van der Waals surface area contributed by atoms with Crippen molar-refractivity contribution in [3.8, 4) is 0 Å². The van der Waals surface area contributed by atoms with Crippen LogP contribution in [-0.2, 0) is 19.6 Å². The molecule has 1 aromatic rings. The molecule has 1 aromatic carbocycles. The van der Waals surface area contributed by atoms with Crippen LogP contribution in [0, 0.1) is 5.82 Å². The largest absolute Gasteiger partial charge is 0.351 e. The number of benzene rings is 1. The summed E-state index contributed by atoms with van der Waals surface area (Å²) in [6.07, 6.45) is 5.21. The van der Waals surface area contributed by atoms with Crippen molar-refractivity contribution in [2.45, 2.75) is 64.0 Å². The lowest BCUT2D eigenvalue weighted by Crippen LogP contribution is -2.71. The molecule has 0 radical (unpaired) electrons. The van der Waals surface area contributed by atoms with Gasteiger partial charge in [0.2, 0.25) is 21.8 Å². The molecule has 1 saturated carbocycles. The summed E-state index contributed by atoms with van der Waals surface area (Å²) in [5.74, 6) is -1.82. The summed E-state index contributed by atoms with van der Waals surface area (Å²) in [4.78, 5) is 27.6. The van der Waals surface area contributed by atoms with Crippen molar-refractivity contribution in [2.24, 2.45) is 0 Å². The van der Waals surface area contributed by atoms with Crippen molar-refractivity contribution in [3.05, 3.63) is 30.1 Å². The first-order chi connectivity index (χ1) is 14.2. The molecule has 1 heterocycles. The molecule has 9 heteroatoms. The summed E-state index contributed by atoms with van der Waals surface area (Å²) in [5, 5.41) is 3.00. The molecule has 2 amide bonds. The van der Waals surface area contributed by atoms with Gasteiger partial charge >= 0.3 is 0 Å². The third-order valence-corrected chi connectivity index (χ3v) is 7.89. The van der Waals surface area contributed by atoms with Gasteiger partial charge in [0.05, 0.1) is 18.0 Å². The van der Waals surface area contributed by atoms with Gasteiger partial charge in [-0.2, -0.15) is 4.31 Å². The van der Waals surface area contributed by atoms with Gasteiger partial charge in [0, 0.05) is 12.6 Å². The van der Waals surface area contributed by atoms with Crippen molar-refractivity contribution in [2.75, 3.05) is 23.7 Å². The van der Waals surface area contributed by atoms with Gasteiger partial charge in [0.1, 0.15) is 11.4 Å². The number of para-hydroxylation sites is 1. The third kappa shape index (κ3) is 4.51. The second kappa shape index (κ2) is 9.01. The average molecular weight is 440 g/mol. The standard InChI is InChI=1S/C21H30FN3O4S/c1-3-13-30(28,29)24-14-19(26)25(18-12-8-7-11-17(18)22)21(2,15-24)20(27)23-16-9-5-4-6-10-16/h7-8,11-12,16H,3-6,9-10,13-15H2,1-2H3,(H,23,27)/t21-/m0/s1. The molecular weight excluding hydrogens is 409 g/mol. The first-order valence-electron chi connectivity index (χ1n) is 10.6. The monoisotopic (exact) mass is 439 g/mol. The van der Waals surface area contributed by atoms with E-state index in [1.165, 1.54) is 25.1 Å². The number of nitrogens with one attached hydrogen (secondary N) is 1. The van der Waals surface area contributed by atoms with Crippen LogP contribution in [-0.4, -0.2) is 55.0 Å². The number of carbonyl (C=O) groups is 2. The van der Waals surface area contributed by atoms with E-state index < -0.39 is 39.7 Å². The molecule has 2 fully saturated rings. The second-order valence-corrected chi connectivity index (χ2v) is 10.4. The van der Waals surface area contributed by atoms with Gasteiger partial charge in [-0.05, 0) is 38.3 Å². The minimum atomic E-state index is -3.71. The van der Waals surface area contributed by atoms with Crippen LogP contribution in [0.2, 0.25) is 0 Å². The number of hydrogen-bond donors (Lipinski definition) is 1. The smallest absolute Gasteiger partial charge is 0.247 e. The molecular formula is C21H30FN3O4S. The number of nitrogens with zero attached hydrogens (tertiary/aromatic N) is 2. The highest BCUT2D eigenvalue weighted by molar-refractivity contribution is 7.89. The molecule has 1 aliphatic heterocycles. The fourth-order valence-electron chi connectivity index (χ4n) is 4.34. The molecule has 30 heavy (non-hydrogen) atoms. The molecule has 166 valence electrons. The SMILES string of the molecule is CCCS(=O)(=O)N1CC(=O)N(c2ccccc2F)[C@](C)(C(=O)NC2CCCCC2)C1. The van der Waals surface area contributed by atoms with Crippen LogP contribution < -0.4 is 10.2 Å². The van der Waals surface area contributed by atoms with Crippen LogP contribution in [0.4, 0.5) is 10.1 Å². The lowest BCUT2D eigenvalue weighted by Gasteiger charge is -2.47. The molecule has 0 spiro atoms. The quantitative estimate of drug-likeness (QED) is 0.738. The lowest BCUT2D eigenvalue weighted by molar-refractivity contribution is -0.133. The zero-order valence-corrected chi connectivity index (χ0v) is 18.4. The Kier molecular flexibility index (Phi) is 6.81. The number of piperazine rings is 1. The summed E-state index contributed by atoms with van der Waals surface area (Å²) in [7, 11) is -3.71. The normalized spacial score (nSPS) is 24.1. The summed E-state index contributed by atoms with van der Waals surface area (Å²) >= 11 is 0. The van der Waals surface area contributed by atoms with E-state index in [0.717, 1.165) is 41.3 Å². The molecule has 2 aliphatic rings. The third-order valence-electron chi connectivity index (χ3n) is 5.92. The number of rotatable bonds is 6. The number of sulfonamides is 1. The second-order valence-electron chi connectivity index (χ2n) is 8.35. The van der Waals surface area contributed by atoms with Gasteiger partial charge in [0.15, 0.2) is 0 Å². The summed E-state index contributed by atoms with van der Waals surface area (Å²) in [6.45, 7) is 2.63. The molecule has 7 nitrogen and oxygen atoms in total. The van der Waals surface area contributed by atoms with Gasteiger partial charge in [-0.25, -0.2) is 12.8 Å². The Morgan fingerprint density at radius 3 is 2.53 bits per heavy atom. The Balaban J connectivity index is 1.99. The Bertz CT molecular complexity index is 901. The zero-order chi connectivity index (χ0) is 21.9. The van der Waals surface area contributed by atoms with Gasteiger partial charge in [0.25, 0.3) is 0 Å². The maximum atomic E-state index is 14.6. The van der Waals surface area contributed by atoms with Crippen LogP contribution in [0.1, 0.15) is 52.4 Å². The molecule has 0 unspecified atom stereocenters.